The van der Waals surface area contributed by atoms with Crippen molar-refractivity contribution in [2.24, 2.45) is 5.92 Å². The van der Waals surface area contributed by atoms with E-state index in [1.807, 2.05) is 0 Å². The van der Waals surface area contributed by atoms with Crippen molar-refractivity contribution in [3.8, 4) is 5.75 Å². The first-order chi connectivity index (χ1) is 10.6. The van der Waals surface area contributed by atoms with Gasteiger partial charge >= 0.3 is 0 Å². The Kier molecular flexibility index (Phi) is 4.74. The van der Waals surface area contributed by atoms with Gasteiger partial charge in [0.15, 0.2) is 0 Å². The molecule has 1 aromatic carbocycles. The molecule has 3 fully saturated rings. The van der Waals surface area contributed by atoms with E-state index in [-0.39, 0.29) is 0 Å². The highest BCUT2D eigenvalue weighted by Gasteiger charge is 2.33. The number of benzene rings is 1. The molecule has 0 aromatic heterocycles. The van der Waals surface area contributed by atoms with E-state index in [1.165, 1.54) is 43.6 Å². The molecule has 0 aliphatic carbocycles. The fourth-order valence-corrected chi connectivity index (χ4v) is 4.11. The number of methoxy groups -OCH3 is 1. The van der Waals surface area contributed by atoms with Crippen molar-refractivity contribution in [3.05, 3.63) is 29.3 Å². The number of hydrogen-bond acceptors (Lipinski definition) is 3. The largest absolute Gasteiger partial charge is 0.496 e. The predicted molar refractivity (Wildman–Crippen MR) is 91.5 cm³/mol. The highest BCUT2D eigenvalue weighted by molar-refractivity contribution is 5.38. The van der Waals surface area contributed by atoms with Crippen LogP contribution in [0, 0.1) is 5.92 Å². The van der Waals surface area contributed by atoms with E-state index < -0.39 is 0 Å². The van der Waals surface area contributed by atoms with Crippen LogP contribution in [0.25, 0.3) is 0 Å². The van der Waals surface area contributed by atoms with Crippen LogP contribution < -0.4 is 4.74 Å². The highest BCUT2D eigenvalue weighted by Crippen LogP contribution is 2.31. The number of likely N-dealkylation sites (N-methyl/N-ethyl adjacent to an activating group) is 1. The number of rotatable bonds is 4. The molecule has 0 spiro atoms. The minimum Gasteiger partial charge on any atom is -0.496 e. The van der Waals surface area contributed by atoms with Crippen LogP contribution in [0.3, 0.4) is 0 Å². The average Bonchev–Trinajstić information content (AvgIpc) is 2.76. The van der Waals surface area contributed by atoms with E-state index in [9.17, 15) is 0 Å². The fraction of sp³-hybridized carbons (Fsp3) is 0.684. The van der Waals surface area contributed by atoms with Crippen LogP contribution in [0.5, 0.6) is 5.75 Å². The van der Waals surface area contributed by atoms with Crippen molar-refractivity contribution in [1.82, 2.24) is 9.80 Å². The first kappa shape index (κ1) is 15.8. The van der Waals surface area contributed by atoms with Crippen LogP contribution in [-0.4, -0.2) is 49.6 Å². The monoisotopic (exact) mass is 302 g/mol. The Morgan fingerprint density at radius 1 is 1.18 bits per heavy atom. The SMILES string of the molecule is COc1ccc(C(C)C)cc1CN1C[C@@H]2CC[C@H]1CN(C)C2. The second kappa shape index (κ2) is 6.59. The van der Waals surface area contributed by atoms with Gasteiger partial charge in [-0.15, -0.1) is 0 Å². The first-order valence-corrected chi connectivity index (χ1v) is 8.66. The van der Waals surface area contributed by atoms with Crippen molar-refractivity contribution in [3.63, 3.8) is 0 Å². The Morgan fingerprint density at radius 2 is 2.00 bits per heavy atom. The molecule has 3 nitrogen and oxygen atoms in total. The summed E-state index contributed by atoms with van der Waals surface area (Å²) in [6, 6.07) is 7.41. The third kappa shape index (κ3) is 3.31. The van der Waals surface area contributed by atoms with Gasteiger partial charge in [0.25, 0.3) is 0 Å². The molecule has 4 rings (SSSR count). The maximum atomic E-state index is 5.62. The van der Waals surface area contributed by atoms with Gasteiger partial charge in [-0.2, -0.15) is 0 Å². The van der Waals surface area contributed by atoms with Gasteiger partial charge in [-0.1, -0.05) is 26.0 Å². The third-order valence-electron chi connectivity index (χ3n) is 5.35. The summed E-state index contributed by atoms with van der Waals surface area (Å²) in [5, 5.41) is 0. The zero-order valence-electron chi connectivity index (χ0n) is 14.5. The molecule has 3 aliphatic rings. The normalized spacial score (nSPS) is 26.4. The minimum absolute atomic E-state index is 0.566. The van der Waals surface area contributed by atoms with E-state index in [1.54, 1.807) is 7.11 Å². The number of ether oxygens (including phenoxy) is 1. The van der Waals surface area contributed by atoms with Gasteiger partial charge in [0, 0.05) is 37.8 Å². The van der Waals surface area contributed by atoms with Crippen molar-refractivity contribution in [1.29, 1.82) is 0 Å². The van der Waals surface area contributed by atoms with E-state index in [4.69, 9.17) is 4.74 Å². The van der Waals surface area contributed by atoms with E-state index in [2.05, 4.69) is 48.9 Å². The van der Waals surface area contributed by atoms with Crippen molar-refractivity contribution in [2.75, 3.05) is 33.8 Å². The van der Waals surface area contributed by atoms with E-state index >= 15 is 0 Å². The van der Waals surface area contributed by atoms with Crippen molar-refractivity contribution < 1.29 is 4.74 Å². The molecule has 3 aliphatic heterocycles. The summed E-state index contributed by atoms with van der Waals surface area (Å²) >= 11 is 0. The molecule has 122 valence electrons. The molecule has 3 heteroatoms. The standard InChI is InChI=1S/C19H30N2O/c1-14(2)16-6-8-19(22-4)17(9-16)12-21-11-15-5-7-18(21)13-20(3)10-15/h6,8-9,14-15,18H,5,7,10-13H2,1-4H3/t15-,18+/m1/s1. The molecule has 0 N–H and O–H groups in total. The van der Waals surface area contributed by atoms with Gasteiger partial charge in [0.2, 0.25) is 0 Å². The van der Waals surface area contributed by atoms with Gasteiger partial charge in [-0.25, -0.2) is 0 Å². The summed E-state index contributed by atoms with van der Waals surface area (Å²) in [5.41, 5.74) is 2.76. The topological polar surface area (TPSA) is 15.7 Å². The lowest BCUT2D eigenvalue weighted by atomic mass is 9.93. The van der Waals surface area contributed by atoms with Crippen LogP contribution in [0.1, 0.15) is 43.7 Å². The fourth-order valence-electron chi connectivity index (χ4n) is 4.11. The second-order valence-corrected chi connectivity index (χ2v) is 7.47. The zero-order chi connectivity index (χ0) is 15.7. The van der Waals surface area contributed by atoms with Gasteiger partial charge in [0.1, 0.15) is 5.75 Å². The molecule has 2 atom stereocenters. The molecule has 0 amide bonds. The molecule has 0 unspecified atom stereocenters. The molecule has 0 saturated carbocycles. The minimum atomic E-state index is 0.566. The summed E-state index contributed by atoms with van der Waals surface area (Å²) in [4.78, 5) is 5.21. The summed E-state index contributed by atoms with van der Waals surface area (Å²) in [7, 11) is 4.06. The Balaban J connectivity index is 1.81. The number of nitrogens with zero attached hydrogens (tertiary/aromatic N) is 2. The first-order valence-electron chi connectivity index (χ1n) is 8.66. The molecule has 3 heterocycles. The van der Waals surface area contributed by atoms with Crippen LogP contribution in [0.15, 0.2) is 18.2 Å². The van der Waals surface area contributed by atoms with Crippen molar-refractivity contribution in [2.45, 2.75) is 45.2 Å². The highest BCUT2D eigenvalue weighted by atomic mass is 16.5. The van der Waals surface area contributed by atoms with Gasteiger partial charge in [-0.3, -0.25) is 4.90 Å². The summed E-state index contributed by atoms with van der Waals surface area (Å²) in [6.45, 7) is 9.25. The molecule has 22 heavy (non-hydrogen) atoms. The quantitative estimate of drug-likeness (QED) is 0.848. The lowest BCUT2D eigenvalue weighted by Gasteiger charge is -2.36. The summed E-state index contributed by atoms with van der Waals surface area (Å²) < 4.78 is 5.62. The smallest absolute Gasteiger partial charge is 0.123 e. The number of hydrogen-bond donors (Lipinski definition) is 0. The van der Waals surface area contributed by atoms with Crippen molar-refractivity contribution >= 4 is 0 Å². The maximum absolute atomic E-state index is 5.62. The van der Waals surface area contributed by atoms with E-state index in [0.29, 0.717) is 12.0 Å². The Bertz CT molecular complexity index is 514. The summed E-state index contributed by atoms with van der Waals surface area (Å²) in [5.74, 6) is 2.44. The zero-order valence-corrected chi connectivity index (χ0v) is 14.5. The van der Waals surface area contributed by atoms with E-state index in [0.717, 1.165) is 18.2 Å². The van der Waals surface area contributed by atoms with Gasteiger partial charge in [-0.05, 0) is 43.4 Å². The predicted octanol–water partition coefficient (Wildman–Crippen LogP) is 3.34. The summed E-state index contributed by atoms with van der Waals surface area (Å²) in [6.07, 6.45) is 2.75. The molecule has 3 saturated heterocycles. The number of piperidine rings is 1. The molecule has 0 radical (unpaired) electrons. The van der Waals surface area contributed by atoms with Crippen LogP contribution in [-0.2, 0) is 6.54 Å². The van der Waals surface area contributed by atoms with Crippen LogP contribution >= 0.6 is 0 Å². The second-order valence-electron chi connectivity index (χ2n) is 7.47. The Hall–Kier alpha value is -1.06. The van der Waals surface area contributed by atoms with Crippen LogP contribution in [0.4, 0.5) is 0 Å². The Morgan fingerprint density at radius 3 is 2.73 bits per heavy atom. The average molecular weight is 302 g/mol. The lowest BCUT2D eigenvalue weighted by Crippen LogP contribution is -2.43. The molecular formula is C19H30N2O. The van der Waals surface area contributed by atoms with Gasteiger partial charge in [0.05, 0.1) is 7.11 Å². The van der Waals surface area contributed by atoms with Crippen LogP contribution in [0.2, 0.25) is 0 Å². The molecule has 2 bridgehead atoms. The maximum Gasteiger partial charge on any atom is 0.123 e. The lowest BCUT2D eigenvalue weighted by molar-refractivity contribution is 0.123. The molecular weight excluding hydrogens is 272 g/mol. The Labute approximate surface area is 135 Å². The third-order valence-corrected chi connectivity index (χ3v) is 5.35. The van der Waals surface area contributed by atoms with Gasteiger partial charge < -0.3 is 9.64 Å². The number of fused-ring (bicyclic) bond motifs is 4. The molecule has 1 aromatic rings.